The highest BCUT2D eigenvalue weighted by molar-refractivity contribution is 5.76. The van der Waals surface area contributed by atoms with Crippen molar-refractivity contribution < 1.29 is 9.53 Å². The van der Waals surface area contributed by atoms with E-state index < -0.39 is 0 Å². The van der Waals surface area contributed by atoms with Crippen LogP contribution in [0.2, 0.25) is 0 Å². The van der Waals surface area contributed by atoms with Gasteiger partial charge in [0.15, 0.2) is 0 Å². The number of nitrogens with zero attached hydrogens (tertiary/aromatic N) is 1. The summed E-state index contributed by atoms with van der Waals surface area (Å²) in [7, 11) is 3.65. The molecule has 1 aromatic carbocycles. The second-order valence-corrected chi connectivity index (χ2v) is 6.47. The van der Waals surface area contributed by atoms with E-state index in [1.54, 1.807) is 4.90 Å². The van der Waals surface area contributed by atoms with Gasteiger partial charge >= 0.3 is 0 Å². The first-order valence-electron chi connectivity index (χ1n) is 7.78. The summed E-state index contributed by atoms with van der Waals surface area (Å²) in [4.78, 5) is 13.9. The molecule has 1 unspecified atom stereocenters. The topological polar surface area (TPSA) is 41.6 Å². The molecule has 2 heterocycles. The summed E-state index contributed by atoms with van der Waals surface area (Å²) < 4.78 is 6.37. The Balaban J connectivity index is 1.88. The summed E-state index contributed by atoms with van der Waals surface area (Å²) >= 11 is 0. The number of para-hydroxylation sites is 1. The predicted octanol–water partition coefficient (Wildman–Crippen LogP) is 2.15. The van der Waals surface area contributed by atoms with Gasteiger partial charge in [0.2, 0.25) is 5.91 Å². The minimum absolute atomic E-state index is 0.0864. The van der Waals surface area contributed by atoms with Crippen LogP contribution in [-0.4, -0.2) is 43.6 Å². The second kappa shape index (κ2) is 5.68. The first kappa shape index (κ1) is 14.4. The first-order valence-corrected chi connectivity index (χ1v) is 7.78. The van der Waals surface area contributed by atoms with E-state index in [0.29, 0.717) is 6.42 Å². The van der Waals surface area contributed by atoms with Crippen molar-refractivity contribution in [3.63, 3.8) is 0 Å². The highest BCUT2D eigenvalue weighted by atomic mass is 16.5. The summed E-state index contributed by atoms with van der Waals surface area (Å²) in [5.41, 5.74) is 1.11. The largest absolute Gasteiger partial charge is 0.487 e. The van der Waals surface area contributed by atoms with Crippen LogP contribution in [0.5, 0.6) is 5.75 Å². The van der Waals surface area contributed by atoms with Crippen LogP contribution in [0.1, 0.15) is 37.2 Å². The maximum atomic E-state index is 12.2. The number of nitrogens with one attached hydrogen (secondary N) is 1. The maximum Gasteiger partial charge on any atom is 0.222 e. The highest BCUT2D eigenvalue weighted by Crippen LogP contribution is 2.45. The molecule has 0 bridgehead atoms. The second-order valence-electron chi connectivity index (χ2n) is 6.47. The van der Waals surface area contributed by atoms with Gasteiger partial charge in [-0.1, -0.05) is 18.2 Å². The van der Waals surface area contributed by atoms with E-state index in [-0.39, 0.29) is 17.4 Å². The number of hydrogen-bond acceptors (Lipinski definition) is 3. The normalized spacial score (nSPS) is 23.2. The molecule has 0 aromatic heterocycles. The predicted molar refractivity (Wildman–Crippen MR) is 82.6 cm³/mol. The molecule has 4 nitrogen and oxygen atoms in total. The average molecular weight is 288 g/mol. The van der Waals surface area contributed by atoms with Crippen LogP contribution >= 0.6 is 0 Å². The van der Waals surface area contributed by atoms with Gasteiger partial charge in [-0.25, -0.2) is 0 Å². The van der Waals surface area contributed by atoms with Gasteiger partial charge in [-0.2, -0.15) is 0 Å². The molecule has 21 heavy (non-hydrogen) atoms. The summed E-state index contributed by atoms with van der Waals surface area (Å²) in [5, 5.41) is 3.40. The fraction of sp³-hybridized carbons (Fsp3) is 0.588. The van der Waals surface area contributed by atoms with Crippen molar-refractivity contribution in [1.82, 2.24) is 10.2 Å². The Morgan fingerprint density at radius 3 is 2.76 bits per heavy atom. The molecule has 1 aromatic rings. The third kappa shape index (κ3) is 2.91. The molecule has 0 aliphatic carbocycles. The number of benzene rings is 1. The van der Waals surface area contributed by atoms with E-state index in [4.69, 9.17) is 4.74 Å². The minimum atomic E-state index is -0.0864. The average Bonchev–Trinajstić information content (AvgIpc) is 2.47. The van der Waals surface area contributed by atoms with Crippen LogP contribution in [0.25, 0.3) is 0 Å². The zero-order valence-corrected chi connectivity index (χ0v) is 12.9. The fourth-order valence-corrected chi connectivity index (χ4v) is 3.51. The zero-order chi connectivity index (χ0) is 14.9. The Labute approximate surface area is 126 Å². The Kier molecular flexibility index (Phi) is 3.89. The molecule has 1 fully saturated rings. The summed E-state index contributed by atoms with van der Waals surface area (Å²) in [6.07, 6.45) is 3.57. The number of piperidine rings is 1. The SMILES string of the molecule is CN(C)C(=O)CC1CC2(CCNCC2)Oc2ccccc21. The van der Waals surface area contributed by atoms with Crippen molar-refractivity contribution in [1.29, 1.82) is 0 Å². The summed E-state index contributed by atoms with van der Waals surface area (Å²) in [6, 6.07) is 8.21. The van der Waals surface area contributed by atoms with E-state index in [1.165, 1.54) is 5.56 Å². The van der Waals surface area contributed by atoms with Crippen LogP contribution in [0.3, 0.4) is 0 Å². The third-order valence-electron chi connectivity index (χ3n) is 4.74. The fourth-order valence-electron chi connectivity index (χ4n) is 3.51. The molecule has 0 saturated carbocycles. The molecular weight excluding hydrogens is 264 g/mol. The van der Waals surface area contributed by atoms with Gasteiger partial charge in [0.1, 0.15) is 11.4 Å². The van der Waals surface area contributed by atoms with Gasteiger partial charge < -0.3 is 15.0 Å². The van der Waals surface area contributed by atoms with E-state index in [1.807, 2.05) is 32.3 Å². The lowest BCUT2D eigenvalue weighted by Gasteiger charge is -2.44. The molecule has 2 aliphatic heterocycles. The Hall–Kier alpha value is -1.55. The van der Waals surface area contributed by atoms with Crippen molar-refractivity contribution in [2.24, 2.45) is 0 Å². The third-order valence-corrected chi connectivity index (χ3v) is 4.74. The molecule has 1 saturated heterocycles. The van der Waals surface area contributed by atoms with Gasteiger partial charge in [-0.15, -0.1) is 0 Å². The van der Waals surface area contributed by atoms with E-state index in [2.05, 4.69) is 11.4 Å². The van der Waals surface area contributed by atoms with E-state index in [0.717, 1.165) is 38.1 Å². The van der Waals surface area contributed by atoms with Crippen LogP contribution < -0.4 is 10.1 Å². The molecule has 0 radical (unpaired) electrons. The molecule has 1 amide bonds. The number of hydrogen-bond donors (Lipinski definition) is 1. The lowest BCUT2D eigenvalue weighted by Crippen LogP contribution is -2.49. The maximum absolute atomic E-state index is 12.2. The lowest BCUT2D eigenvalue weighted by atomic mass is 9.76. The Morgan fingerprint density at radius 1 is 1.33 bits per heavy atom. The quantitative estimate of drug-likeness (QED) is 0.906. The molecule has 1 spiro atoms. The highest BCUT2D eigenvalue weighted by Gasteiger charge is 2.42. The molecule has 114 valence electrons. The molecule has 2 aliphatic rings. The zero-order valence-electron chi connectivity index (χ0n) is 12.9. The number of carbonyl (C=O) groups excluding carboxylic acids is 1. The first-order chi connectivity index (χ1) is 10.1. The van der Waals surface area contributed by atoms with Crippen molar-refractivity contribution in [2.45, 2.75) is 37.2 Å². The van der Waals surface area contributed by atoms with Crippen LogP contribution in [0.4, 0.5) is 0 Å². The van der Waals surface area contributed by atoms with E-state index in [9.17, 15) is 4.79 Å². The number of rotatable bonds is 2. The number of amides is 1. The van der Waals surface area contributed by atoms with Crippen LogP contribution in [0.15, 0.2) is 24.3 Å². The molecule has 1 atom stereocenters. The van der Waals surface area contributed by atoms with Crippen molar-refractivity contribution >= 4 is 5.91 Å². The van der Waals surface area contributed by atoms with E-state index >= 15 is 0 Å². The Bertz CT molecular complexity index is 521. The number of ether oxygens (including phenoxy) is 1. The molecular formula is C17H24N2O2. The van der Waals surface area contributed by atoms with Gasteiger partial charge in [0, 0.05) is 26.4 Å². The summed E-state index contributed by atoms with van der Waals surface area (Å²) in [5.74, 6) is 1.44. The van der Waals surface area contributed by atoms with Crippen molar-refractivity contribution in [3.8, 4) is 5.75 Å². The molecule has 3 rings (SSSR count). The Morgan fingerprint density at radius 2 is 2.05 bits per heavy atom. The molecule has 1 N–H and O–H groups in total. The van der Waals surface area contributed by atoms with Crippen molar-refractivity contribution in [2.75, 3.05) is 27.2 Å². The monoisotopic (exact) mass is 288 g/mol. The van der Waals surface area contributed by atoms with Gasteiger partial charge in [-0.3, -0.25) is 4.79 Å². The smallest absolute Gasteiger partial charge is 0.222 e. The number of fused-ring (bicyclic) bond motifs is 1. The van der Waals surface area contributed by atoms with Gasteiger partial charge in [0.05, 0.1) is 0 Å². The molecule has 4 heteroatoms. The minimum Gasteiger partial charge on any atom is -0.487 e. The van der Waals surface area contributed by atoms with Crippen LogP contribution in [0, 0.1) is 0 Å². The van der Waals surface area contributed by atoms with Crippen LogP contribution in [-0.2, 0) is 4.79 Å². The summed E-state index contributed by atoms with van der Waals surface area (Å²) in [6.45, 7) is 1.99. The van der Waals surface area contributed by atoms with Gasteiger partial charge in [-0.05, 0) is 44.0 Å². The number of carbonyl (C=O) groups is 1. The standard InChI is InChI=1S/C17H24N2O2/c1-19(2)16(20)11-13-12-17(7-9-18-10-8-17)21-15-6-4-3-5-14(13)15/h3-6,13,18H,7-12H2,1-2H3. The van der Waals surface area contributed by atoms with Crippen molar-refractivity contribution in [3.05, 3.63) is 29.8 Å². The van der Waals surface area contributed by atoms with Gasteiger partial charge in [0.25, 0.3) is 0 Å². The lowest BCUT2D eigenvalue weighted by molar-refractivity contribution is -0.129.